The van der Waals surface area contributed by atoms with E-state index < -0.39 is 5.82 Å². The van der Waals surface area contributed by atoms with Crippen molar-refractivity contribution in [2.24, 2.45) is 5.92 Å². The second-order valence-corrected chi connectivity index (χ2v) is 7.10. The molecule has 1 heterocycles. The van der Waals surface area contributed by atoms with E-state index in [0.29, 0.717) is 5.92 Å². The Morgan fingerprint density at radius 1 is 1.32 bits per heavy atom. The molecule has 1 N–H and O–H groups in total. The van der Waals surface area contributed by atoms with Crippen LogP contribution in [0.2, 0.25) is 0 Å². The number of benzene rings is 1. The molecule has 1 fully saturated rings. The van der Waals surface area contributed by atoms with Crippen molar-refractivity contribution in [3.8, 4) is 5.75 Å². The molecule has 2 atom stereocenters. The van der Waals surface area contributed by atoms with Crippen LogP contribution in [-0.2, 0) is 5.41 Å². The maximum Gasteiger partial charge on any atom is 0.164 e. The predicted octanol–water partition coefficient (Wildman–Crippen LogP) is 4.71. The first-order valence-electron chi connectivity index (χ1n) is 8.68. The lowest BCUT2D eigenvalue weighted by Gasteiger charge is -2.45. The highest BCUT2D eigenvalue weighted by Crippen LogP contribution is 2.40. The van der Waals surface area contributed by atoms with Crippen LogP contribution in [0.25, 0.3) is 0 Å². The van der Waals surface area contributed by atoms with Crippen LogP contribution in [0.15, 0.2) is 18.2 Å². The first-order chi connectivity index (χ1) is 10.5. The van der Waals surface area contributed by atoms with Gasteiger partial charge in [0.1, 0.15) is 0 Å². The fourth-order valence-electron chi connectivity index (χ4n) is 3.58. The molecule has 2 unspecified atom stereocenters. The molecule has 0 bridgehead atoms. The molecule has 0 aliphatic carbocycles. The third-order valence-electron chi connectivity index (χ3n) is 5.50. The van der Waals surface area contributed by atoms with E-state index in [-0.39, 0.29) is 11.2 Å². The van der Waals surface area contributed by atoms with Crippen LogP contribution in [0, 0.1) is 11.7 Å². The van der Waals surface area contributed by atoms with Gasteiger partial charge in [0.15, 0.2) is 11.6 Å². The Morgan fingerprint density at radius 2 is 2.09 bits per heavy atom. The average Bonchev–Trinajstić information content (AvgIpc) is 2.50. The zero-order chi connectivity index (χ0) is 16.2. The summed E-state index contributed by atoms with van der Waals surface area (Å²) < 4.78 is 13.3. The minimum Gasteiger partial charge on any atom is -0.505 e. The number of unbranched alkanes of at least 4 members (excludes halogenated alkanes) is 3. The molecule has 3 heteroatoms. The fraction of sp³-hybridized carbons (Fsp3) is 0.684. The second-order valence-electron chi connectivity index (χ2n) is 7.10. The number of hydrogen-bond donors (Lipinski definition) is 1. The number of piperidine rings is 1. The van der Waals surface area contributed by atoms with E-state index in [0.717, 1.165) is 25.1 Å². The topological polar surface area (TPSA) is 23.5 Å². The van der Waals surface area contributed by atoms with Crippen molar-refractivity contribution in [2.45, 2.75) is 58.3 Å². The maximum absolute atomic E-state index is 13.3. The van der Waals surface area contributed by atoms with Crippen LogP contribution >= 0.6 is 0 Å². The van der Waals surface area contributed by atoms with E-state index in [4.69, 9.17) is 0 Å². The van der Waals surface area contributed by atoms with Crippen LogP contribution in [0.3, 0.4) is 0 Å². The number of halogens is 1. The number of nitrogens with zero attached hydrogens (tertiary/aromatic N) is 1. The fourth-order valence-corrected chi connectivity index (χ4v) is 3.58. The molecule has 0 saturated carbocycles. The van der Waals surface area contributed by atoms with Crippen LogP contribution in [0.4, 0.5) is 4.39 Å². The first-order valence-corrected chi connectivity index (χ1v) is 8.68. The molecule has 1 aliphatic heterocycles. The van der Waals surface area contributed by atoms with Gasteiger partial charge in [-0.05, 0) is 55.0 Å². The van der Waals surface area contributed by atoms with Gasteiger partial charge in [-0.1, -0.05) is 46.1 Å². The minimum absolute atomic E-state index is 0.0189. The highest BCUT2D eigenvalue weighted by Gasteiger charge is 2.38. The van der Waals surface area contributed by atoms with Crippen molar-refractivity contribution in [1.82, 2.24) is 4.90 Å². The van der Waals surface area contributed by atoms with E-state index >= 15 is 0 Å². The number of likely N-dealkylation sites (tertiary alicyclic amines) is 1. The summed E-state index contributed by atoms with van der Waals surface area (Å²) in [6.45, 7) is 10.1. The van der Waals surface area contributed by atoms with Crippen molar-refractivity contribution < 1.29 is 9.50 Å². The van der Waals surface area contributed by atoms with E-state index in [2.05, 4.69) is 25.7 Å². The second kappa shape index (κ2) is 7.45. The lowest BCUT2D eigenvalue weighted by atomic mass is 9.68. The molecule has 1 aromatic rings. The summed E-state index contributed by atoms with van der Waals surface area (Å²) in [6.07, 6.45) is 6.28. The summed E-state index contributed by atoms with van der Waals surface area (Å²) in [6, 6.07) is 4.84. The number of phenolic OH excluding ortho intramolecular Hbond substituents is 1. The summed E-state index contributed by atoms with van der Waals surface area (Å²) in [5, 5.41) is 9.66. The molecule has 0 radical (unpaired) electrons. The van der Waals surface area contributed by atoms with Crippen LogP contribution < -0.4 is 0 Å². The van der Waals surface area contributed by atoms with Crippen LogP contribution in [0.5, 0.6) is 5.75 Å². The number of hydrogen-bond acceptors (Lipinski definition) is 2. The third kappa shape index (κ3) is 3.81. The van der Waals surface area contributed by atoms with E-state index in [9.17, 15) is 9.50 Å². The van der Waals surface area contributed by atoms with Gasteiger partial charge in [0.25, 0.3) is 0 Å². The molecule has 0 aromatic heterocycles. The lowest BCUT2D eigenvalue weighted by Crippen LogP contribution is -2.47. The molecule has 22 heavy (non-hydrogen) atoms. The lowest BCUT2D eigenvalue weighted by molar-refractivity contribution is 0.109. The highest BCUT2D eigenvalue weighted by atomic mass is 19.1. The predicted molar refractivity (Wildman–Crippen MR) is 89.8 cm³/mol. The Bertz CT molecular complexity index is 490. The minimum atomic E-state index is -0.534. The Hall–Kier alpha value is -1.09. The zero-order valence-corrected chi connectivity index (χ0v) is 14.2. The van der Waals surface area contributed by atoms with Crippen molar-refractivity contribution in [1.29, 1.82) is 0 Å². The van der Waals surface area contributed by atoms with Crippen molar-refractivity contribution in [3.63, 3.8) is 0 Å². The quantitative estimate of drug-likeness (QED) is 0.769. The SMILES string of the molecule is CCCCCCN1CCC(C)(c2ccc(F)c(O)c2)C(C)C1. The Balaban J connectivity index is 1.98. The Morgan fingerprint density at radius 3 is 2.73 bits per heavy atom. The van der Waals surface area contributed by atoms with E-state index in [1.54, 1.807) is 6.07 Å². The van der Waals surface area contributed by atoms with Gasteiger partial charge in [0, 0.05) is 6.54 Å². The van der Waals surface area contributed by atoms with Crippen molar-refractivity contribution in [2.75, 3.05) is 19.6 Å². The van der Waals surface area contributed by atoms with Gasteiger partial charge in [0.05, 0.1) is 0 Å². The monoisotopic (exact) mass is 307 g/mol. The zero-order valence-electron chi connectivity index (χ0n) is 14.2. The maximum atomic E-state index is 13.3. The Labute approximate surface area is 134 Å². The Kier molecular flexibility index (Phi) is 5.85. The number of rotatable bonds is 6. The van der Waals surface area contributed by atoms with Gasteiger partial charge in [-0.25, -0.2) is 4.39 Å². The third-order valence-corrected chi connectivity index (χ3v) is 5.50. The molecule has 2 nitrogen and oxygen atoms in total. The average molecular weight is 307 g/mol. The summed E-state index contributed by atoms with van der Waals surface area (Å²) in [5.41, 5.74) is 1.08. The van der Waals surface area contributed by atoms with Gasteiger partial charge >= 0.3 is 0 Å². The summed E-state index contributed by atoms with van der Waals surface area (Å²) >= 11 is 0. The van der Waals surface area contributed by atoms with Gasteiger partial charge in [-0.2, -0.15) is 0 Å². The van der Waals surface area contributed by atoms with E-state index in [1.807, 2.05) is 6.07 Å². The molecule has 1 aliphatic rings. The van der Waals surface area contributed by atoms with Gasteiger partial charge in [0.2, 0.25) is 0 Å². The molecular weight excluding hydrogens is 277 g/mol. The van der Waals surface area contributed by atoms with Crippen molar-refractivity contribution >= 4 is 0 Å². The smallest absolute Gasteiger partial charge is 0.164 e. The molecule has 0 amide bonds. The summed E-state index contributed by atoms with van der Waals surface area (Å²) in [7, 11) is 0. The highest BCUT2D eigenvalue weighted by molar-refractivity contribution is 5.35. The number of aromatic hydroxyl groups is 1. The molecule has 124 valence electrons. The summed E-state index contributed by atoms with van der Waals surface area (Å²) in [4.78, 5) is 2.56. The largest absolute Gasteiger partial charge is 0.505 e. The molecule has 1 saturated heterocycles. The van der Waals surface area contributed by atoms with E-state index in [1.165, 1.54) is 38.3 Å². The molecule has 1 aromatic carbocycles. The number of phenols is 1. The van der Waals surface area contributed by atoms with Gasteiger partial charge in [-0.15, -0.1) is 0 Å². The van der Waals surface area contributed by atoms with Gasteiger partial charge in [-0.3, -0.25) is 0 Å². The van der Waals surface area contributed by atoms with Crippen molar-refractivity contribution in [3.05, 3.63) is 29.6 Å². The first kappa shape index (κ1) is 17.3. The summed E-state index contributed by atoms with van der Waals surface area (Å²) in [5.74, 6) is -0.265. The molecular formula is C19H30FNO. The van der Waals surface area contributed by atoms with Crippen LogP contribution in [0.1, 0.15) is 58.4 Å². The van der Waals surface area contributed by atoms with Gasteiger partial charge < -0.3 is 10.0 Å². The normalized spacial score (nSPS) is 26.3. The molecule has 0 spiro atoms. The standard InChI is InChI=1S/C19H30FNO/c1-4-5-6-7-11-21-12-10-19(3,15(2)14-21)16-8-9-17(20)18(22)13-16/h8-9,13,15,22H,4-7,10-12,14H2,1-3H3. The van der Waals surface area contributed by atoms with Crippen LogP contribution in [-0.4, -0.2) is 29.6 Å². The molecule has 2 rings (SSSR count).